The molecule has 2 aliphatic rings. The molecule has 2 saturated heterocycles. The minimum atomic E-state index is -3.28. The number of hydrogen-bond acceptors (Lipinski definition) is 7. The van der Waals surface area contributed by atoms with Crippen LogP contribution in [0.25, 0.3) is 11.1 Å². The monoisotopic (exact) mass is 516 g/mol. The Kier molecular flexibility index (Phi) is 6.42. The number of hydrogen-bond donors (Lipinski definition) is 3. The second-order valence-corrected chi connectivity index (χ2v) is 11.7. The standard InChI is InChI=1S/C26H30F2N4O3S/c1-18-14-26(17-30(2)36(34,35)32(26)21-7-5-6-19(27)12-21)10-11-31(18)16-20-13-23(25(33)15-29-20)22-8-3-4-9-24(22)28/h3-9,12-13,15,18,33-35H,10-11,14,16-17H2,1-2H3/t18-,26+/m0/s1. The van der Waals surface area contributed by atoms with Gasteiger partial charge in [-0.15, -0.1) is 0 Å². The van der Waals surface area contributed by atoms with Gasteiger partial charge in [0.15, 0.2) is 0 Å². The molecule has 192 valence electrons. The van der Waals surface area contributed by atoms with Crippen molar-refractivity contribution in [3.8, 4) is 16.9 Å². The summed E-state index contributed by atoms with van der Waals surface area (Å²) in [5.41, 5.74) is 1.29. The average molecular weight is 517 g/mol. The molecule has 0 bridgehead atoms. The molecule has 10 heteroatoms. The molecule has 3 heterocycles. The molecule has 5 rings (SSSR count). The molecule has 2 fully saturated rings. The Bertz CT molecular complexity index is 1280. The highest BCUT2D eigenvalue weighted by molar-refractivity contribution is 8.23. The number of aromatic hydroxyl groups is 1. The number of halogens is 2. The van der Waals surface area contributed by atoms with Gasteiger partial charge < -0.3 is 5.11 Å². The highest BCUT2D eigenvalue weighted by Crippen LogP contribution is 2.61. The van der Waals surface area contributed by atoms with Crippen LogP contribution in [0.2, 0.25) is 0 Å². The van der Waals surface area contributed by atoms with E-state index in [1.165, 1.54) is 24.4 Å². The minimum absolute atomic E-state index is 0.0454. The maximum absolute atomic E-state index is 14.4. The van der Waals surface area contributed by atoms with Gasteiger partial charge in [-0.3, -0.25) is 23.3 Å². The number of rotatable bonds is 4. The van der Waals surface area contributed by atoms with E-state index in [4.69, 9.17) is 0 Å². The molecule has 1 spiro atoms. The maximum Gasteiger partial charge on any atom is 0.141 e. The SMILES string of the molecule is C[C@H]1C[C@]2(CCN1Cc1cc(-c3ccccc3F)c(O)cn1)CN(C)S(O)(O)N2c1cccc(F)c1. The minimum Gasteiger partial charge on any atom is -0.506 e. The summed E-state index contributed by atoms with van der Waals surface area (Å²) in [7, 11) is -1.60. The zero-order chi connectivity index (χ0) is 25.7. The Morgan fingerprint density at radius 1 is 1.08 bits per heavy atom. The van der Waals surface area contributed by atoms with Crippen molar-refractivity contribution in [3.05, 3.63) is 78.1 Å². The quantitative estimate of drug-likeness (QED) is 0.423. The lowest BCUT2D eigenvalue weighted by atomic mass is 9.82. The molecule has 0 aliphatic carbocycles. The van der Waals surface area contributed by atoms with Crippen molar-refractivity contribution in [2.45, 2.75) is 37.9 Å². The molecular weight excluding hydrogens is 486 g/mol. The van der Waals surface area contributed by atoms with Gasteiger partial charge in [-0.2, -0.15) is 4.31 Å². The third-order valence-electron chi connectivity index (χ3n) is 7.29. The van der Waals surface area contributed by atoms with E-state index in [1.807, 2.05) is 0 Å². The predicted octanol–water partition coefficient (Wildman–Crippen LogP) is 5.49. The molecule has 3 aromatic rings. The van der Waals surface area contributed by atoms with Crippen LogP contribution in [0.1, 0.15) is 25.5 Å². The Labute approximate surface area is 211 Å². The van der Waals surface area contributed by atoms with E-state index in [0.29, 0.717) is 55.0 Å². The first-order valence-electron chi connectivity index (χ1n) is 11.8. The lowest BCUT2D eigenvalue weighted by Crippen LogP contribution is -2.57. The number of pyridine rings is 1. The van der Waals surface area contributed by atoms with Gasteiger partial charge in [-0.25, -0.2) is 8.78 Å². The summed E-state index contributed by atoms with van der Waals surface area (Å²) in [6, 6.07) is 14.0. The summed E-state index contributed by atoms with van der Waals surface area (Å²) < 4.78 is 53.7. The topological polar surface area (TPSA) is 83.3 Å². The molecule has 36 heavy (non-hydrogen) atoms. The largest absolute Gasteiger partial charge is 0.506 e. The van der Waals surface area contributed by atoms with Gasteiger partial charge in [-0.1, -0.05) is 35.2 Å². The van der Waals surface area contributed by atoms with Crippen LogP contribution in [0.5, 0.6) is 5.75 Å². The van der Waals surface area contributed by atoms with E-state index in [9.17, 15) is 23.0 Å². The van der Waals surface area contributed by atoms with Crippen molar-refractivity contribution in [2.24, 2.45) is 0 Å². The van der Waals surface area contributed by atoms with Crippen molar-refractivity contribution in [3.63, 3.8) is 0 Å². The van der Waals surface area contributed by atoms with Crippen molar-refractivity contribution in [1.82, 2.24) is 14.2 Å². The molecule has 2 aliphatic heterocycles. The van der Waals surface area contributed by atoms with E-state index in [-0.39, 0.29) is 11.8 Å². The molecule has 3 N–H and O–H groups in total. The van der Waals surface area contributed by atoms with Crippen molar-refractivity contribution >= 4 is 16.6 Å². The molecule has 0 amide bonds. The number of nitrogens with zero attached hydrogens (tertiary/aromatic N) is 4. The molecule has 1 aromatic heterocycles. The molecule has 0 unspecified atom stereocenters. The summed E-state index contributed by atoms with van der Waals surface area (Å²) in [6.45, 7) is 3.66. The zero-order valence-corrected chi connectivity index (χ0v) is 21.0. The Hall–Kier alpha value is -2.76. The van der Waals surface area contributed by atoms with E-state index >= 15 is 0 Å². The van der Waals surface area contributed by atoms with Gasteiger partial charge >= 0.3 is 0 Å². The van der Waals surface area contributed by atoms with Crippen LogP contribution < -0.4 is 4.31 Å². The third-order valence-corrected chi connectivity index (χ3v) is 9.34. The van der Waals surface area contributed by atoms with E-state index in [0.717, 1.165) is 0 Å². The second kappa shape index (κ2) is 9.28. The van der Waals surface area contributed by atoms with Crippen LogP contribution in [0, 0.1) is 11.6 Å². The average Bonchev–Trinajstić information content (AvgIpc) is 3.01. The maximum atomic E-state index is 14.4. The number of anilines is 1. The van der Waals surface area contributed by atoms with E-state index < -0.39 is 28.1 Å². The first-order chi connectivity index (χ1) is 17.1. The first kappa shape index (κ1) is 24.9. The fourth-order valence-corrected chi connectivity index (χ4v) is 7.41. The number of likely N-dealkylation sites (N-methyl/N-ethyl adjacent to an activating group) is 1. The lowest BCUT2D eigenvalue weighted by Gasteiger charge is -2.51. The number of aromatic nitrogens is 1. The van der Waals surface area contributed by atoms with E-state index in [2.05, 4.69) is 16.8 Å². The molecule has 7 nitrogen and oxygen atoms in total. The van der Waals surface area contributed by atoms with Gasteiger partial charge in [0.05, 0.1) is 23.1 Å². The molecular formula is C26H30F2N4O3S. The van der Waals surface area contributed by atoms with Crippen LogP contribution in [-0.4, -0.2) is 60.1 Å². The Morgan fingerprint density at radius 2 is 1.86 bits per heavy atom. The van der Waals surface area contributed by atoms with Crippen LogP contribution in [-0.2, 0) is 6.54 Å². The normalized spacial score (nSPS) is 25.4. The molecule has 0 radical (unpaired) electrons. The molecule has 0 saturated carbocycles. The summed E-state index contributed by atoms with van der Waals surface area (Å²) in [5, 5.41) is 10.3. The van der Waals surface area contributed by atoms with Gasteiger partial charge in [0, 0.05) is 43.9 Å². The number of piperidine rings is 1. The molecule has 2 atom stereocenters. The highest BCUT2D eigenvalue weighted by Gasteiger charge is 2.55. The highest BCUT2D eigenvalue weighted by atomic mass is 32.3. The zero-order valence-electron chi connectivity index (χ0n) is 20.2. The van der Waals surface area contributed by atoms with Crippen LogP contribution in [0.15, 0.2) is 60.8 Å². The predicted molar refractivity (Wildman–Crippen MR) is 137 cm³/mol. The van der Waals surface area contributed by atoms with Gasteiger partial charge in [-0.05, 0) is 50.1 Å². The van der Waals surface area contributed by atoms with Crippen LogP contribution in [0.3, 0.4) is 0 Å². The summed E-state index contributed by atoms with van der Waals surface area (Å²) in [5.74, 6) is -0.929. The Balaban J connectivity index is 1.39. The Morgan fingerprint density at radius 3 is 2.58 bits per heavy atom. The van der Waals surface area contributed by atoms with Crippen molar-refractivity contribution in [2.75, 3.05) is 24.4 Å². The first-order valence-corrected chi connectivity index (χ1v) is 13.3. The van der Waals surface area contributed by atoms with Crippen LogP contribution >= 0.6 is 11.0 Å². The summed E-state index contributed by atoms with van der Waals surface area (Å²) in [6.07, 6.45) is 2.61. The van der Waals surface area contributed by atoms with E-state index in [1.54, 1.807) is 52.1 Å². The van der Waals surface area contributed by atoms with Gasteiger partial charge in [0.1, 0.15) is 17.4 Å². The smallest absolute Gasteiger partial charge is 0.141 e. The fraction of sp³-hybridized carbons (Fsp3) is 0.346. The third kappa shape index (κ3) is 4.33. The summed E-state index contributed by atoms with van der Waals surface area (Å²) in [4.78, 5) is 6.61. The second-order valence-electron chi connectivity index (χ2n) is 9.72. The van der Waals surface area contributed by atoms with Crippen molar-refractivity contribution < 1.29 is 23.0 Å². The van der Waals surface area contributed by atoms with Crippen LogP contribution in [0.4, 0.5) is 14.5 Å². The van der Waals surface area contributed by atoms with Gasteiger partial charge in [0.2, 0.25) is 0 Å². The number of benzene rings is 2. The lowest BCUT2D eigenvalue weighted by molar-refractivity contribution is 0.0992. The number of likely N-dealkylation sites (tertiary alicyclic amines) is 1. The van der Waals surface area contributed by atoms with Crippen molar-refractivity contribution in [1.29, 1.82) is 0 Å². The fourth-order valence-electron chi connectivity index (χ4n) is 5.58. The van der Waals surface area contributed by atoms with Gasteiger partial charge in [0.25, 0.3) is 0 Å². The molecule has 2 aromatic carbocycles. The summed E-state index contributed by atoms with van der Waals surface area (Å²) >= 11 is 0.